The number of hydrogen-bond donors (Lipinski definition) is 1. The van der Waals surface area contributed by atoms with Gasteiger partial charge in [0.1, 0.15) is 11.8 Å². The lowest BCUT2D eigenvalue weighted by atomic mass is 10.1. The molecule has 1 N–H and O–H groups in total. The minimum absolute atomic E-state index is 0.0100. The third kappa shape index (κ3) is 5.77. The minimum atomic E-state index is -0.395. The first kappa shape index (κ1) is 27.5. The predicted molar refractivity (Wildman–Crippen MR) is 155 cm³/mol. The van der Waals surface area contributed by atoms with E-state index in [9.17, 15) is 9.59 Å². The summed E-state index contributed by atoms with van der Waals surface area (Å²) in [5.41, 5.74) is 4.36. The van der Waals surface area contributed by atoms with E-state index in [0.29, 0.717) is 44.8 Å². The summed E-state index contributed by atoms with van der Waals surface area (Å²) in [7, 11) is 4.61. The van der Waals surface area contributed by atoms with Crippen molar-refractivity contribution in [1.82, 2.24) is 20.2 Å². The molecule has 208 valence electrons. The number of ether oxygens (including phenoxy) is 3. The maximum absolute atomic E-state index is 12.6. The van der Waals surface area contributed by atoms with Crippen molar-refractivity contribution in [2.45, 2.75) is 5.16 Å². The van der Waals surface area contributed by atoms with Crippen LogP contribution >= 0.6 is 11.8 Å². The van der Waals surface area contributed by atoms with Crippen LogP contribution in [0.1, 0.15) is 5.56 Å². The van der Waals surface area contributed by atoms with Gasteiger partial charge in [-0.2, -0.15) is 5.10 Å². The highest BCUT2D eigenvalue weighted by Crippen LogP contribution is 2.41. The number of rotatable bonds is 10. The van der Waals surface area contributed by atoms with E-state index in [0.717, 1.165) is 5.69 Å². The number of fused-ring (bicyclic) bond motifs is 1. The Labute approximate surface area is 238 Å². The highest BCUT2D eigenvalue weighted by atomic mass is 32.2. The topological polar surface area (TPSA) is 130 Å². The van der Waals surface area contributed by atoms with Crippen molar-refractivity contribution >= 4 is 34.9 Å². The van der Waals surface area contributed by atoms with Crippen molar-refractivity contribution in [2.75, 3.05) is 27.1 Å². The summed E-state index contributed by atoms with van der Waals surface area (Å²) in [6.07, 6.45) is 2.57. The molecule has 41 heavy (non-hydrogen) atoms. The van der Waals surface area contributed by atoms with Gasteiger partial charge >= 0.3 is 0 Å². The fourth-order valence-corrected chi connectivity index (χ4v) is 4.83. The second-order valence-electron chi connectivity index (χ2n) is 8.49. The zero-order valence-electron chi connectivity index (χ0n) is 22.4. The number of aromatic nitrogens is 3. The normalized spacial score (nSPS) is 11.1. The number of para-hydroxylation sites is 2. The fraction of sp³-hybridized carbons (Fsp3) is 0.138. The Balaban J connectivity index is 1.37. The molecule has 0 spiro atoms. The lowest BCUT2D eigenvalue weighted by Crippen LogP contribution is -2.20. The number of hydrogen-bond acceptors (Lipinski definition) is 10. The van der Waals surface area contributed by atoms with E-state index < -0.39 is 5.91 Å². The molecule has 0 aliphatic rings. The third-order valence-electron chi connectivity index (χ3n) is 6.00. The van der Waals surface area contributed by atoms with E-state index in [1.54, 1.807) is 36.4 Å². The quantitative estimate of drug-likeness (QED) is 0.148. The molecule has 0 aliphatic carbocycles. The summed E-state index contributed by atoms with van der Waals surface area (Å²) in [6.45, 7) is 0. The number of amides is 1. The van der Waals surface area contributed by atoms with Crippen molar-refractivity contribution < 1.29 is 23.4 Å². The number of hydrazone groups is 1. The van der Waals surface area contributed by atoms with Gasteiger partial charge in [-0.15, -0.1) is 10.2 Å². The van der Waals surface area contributed by atoms with Gasteiger partial charge < -0.3 is 18.6 Å². The molecule has 0 atom stereocenters. The predicted octanol–water partition coefficient (Wildman–Crippen LogP) is 4.31. The summed E-state index contributed by atoms with van der Waals surface area (Å²) in [4.78, 5) is 25.2. The number of nitrogens with one attached hydrogen (secondary N) is 1. The first-order chi connectivity index (χ1) is 20.0. The Morgan fingerprint density at radius 2 is 1.71 bits per heavy atom. The number of methoxy groups -OCH3 is 3. The fourth-order valence-electron chi connectivity index (χ4n) is 4.09. The van der Waals surface area contributed by atoms with Gasteiger partial charge in [0.25, 0.3) is 5.91 Å². The van der Waals surface area contributed by atoms with Crippen LogP contribution in [-0.2, 0) is 4.79 Å². The zero-order valence-corrected chi connectivity index (χ0v) is 23.2. The van der Waals surface area contributed by atoms with Crippen LogP contribution < -0.4 is 25.1 Å². The smallest absolute Gasteiger partial charge is 0.250 e. The molecule has 3 aromatic carbocycles. The van der Waals surface area contributed by atoms with Crippen LogP contribution in [-0.4, -0.2) is 54.0 Å². The maximum atomic E-state index is 12.6. The van der Waals surface area contributed by atoms with E-state index in [1.165, 1.54) is 45.6 Å². The van der Waals surface area contributed by atoms with Crippen molar-refractivity contribution in [3.8, 4) is 34.3 Å². The molecule has 1 amide bonds. The lowest BCUT2D eigenvalue weighted by Gasteiger charge is -2.15. The number of carbonyl (C=O) groups excluding carboxylic acids is 1. The number of thioether (sulfide) groups is 1. The summed E-state index contributed by atoms with van der Waals surface area (Å²) < 4.78 is 23.8. The molecule has 0 aliphatic heterocycles. The molecule has 0 fully saturated rings. The van der Waals surface area contributed by atoms with Crippen molar-refractivity contribution in [3.63, 3.8) is 0 Å². The van der Waals surface area contributed by atoms with Crippen LogP contribution in [0.25, 0.3) is 28.0 Å². The highest BCUT2D eigenvalue weighted by molar-refractivity contribution is 7.99. The second kappa shape index (κ2) is 12.4. The average Bonchev–Trinajstić information content (AvgIpc) is 3.45. The molecule has 5 aromatic rings. The lowest BCUT2D eigenvalue weighted by molar-refractivity contribution is -0.118. The summed E-state index contributed by atoms with van der Waals surface area (Å²) >= 11 is 1.18. The monoisotopic (exact) mass is 571 g/mol. The van der Waals surface area contributed by atoms with Gasteiger partial charge in [-0.3, -0.25) is 14.2 Å². The van der Waals surface area contributed by atoms with Gasteiger partial charge in [0.15, 0.2) is 22.5 Å². The SMILES string of the molecule is COc1cc(-c2nnc(SCC(=O)N/N=C\c3coc4ccccc4c3=O)n2-c2ccccc2)cc(OC)c1OC. The summed E-state index contributed by atoms with van der Waals surface area (Å²) in [5.74, 6) is 1.50. The highest BCUT2D eigenvalue weighted by Gasteiger charge is 2.21. The molecule has 2 heterocycles. The number of carbonyl (C=O) groups is 1. The Morgan fingerprint density at radius 3 is 2.41 bits per heavy atom. The van der Waals surface area contributed by atoms with Gasteiger partial charge in [-0.05, 0) is 36.4 Å². The average molecular weight is 572 g/mol. The molecule has 12 heteroatoms. The maximum Gasteiger partial charge on any atom is 0.250 e. The van der Waals surface area contributed by atoms with Gasteiger partial charge in [-0.1, -0.05) is 42.1 Å². The van der Waals surface area contributed by atoms with E-state index in [1.807, 2.05) is 34.9 Å². The molecule has 0 bridgehead atoms. The molecule has 0 saturated heterocycles. The van der Waals surface area contributed by atoms with Crippen molar-refractivity contribution in [2.24, 2.45) is 5.10 Å². The van der Waals surface area contributed by atoms with E-state index >= 15 is 0 Å². The largest absolute Gasteiger partial charge is 0.493 e. The molecule has 0 unspecified atom stereocenters. The second-order valence-corrected chi connectivity index (χ2v) is 9.43. The third-order valence-corrected chi connectivity index (χ3v) is 6.93. The minimum Gasteiger partial charge on any atom is -0.493 e. The summed E-state index contributed by atoms with van der Waals surface area (Å²) in [6, 6.07) is 20.0. The van der Waals surface area contributed by atoms with Crippen LogP contribution in [0.5, 0.6) is 17.2 Å². The van der Waals surface area contributed by atoms with Crippen LogP contribution in [0, 0.1) is 0 Å². The first-order valence-corrected chi connectivity index (χ1v) is 13.3. The van der Waals surface area contributed by atoms with Crippen LogP contribution in [0.4, 0.5) is 0 Å². The van der Waals surface area contributed by atoms with Crippen molar-refractivity contribution in [3.05, 3.63) is 88.8 Å². The van der Waals surface area contributed by atoms with Gasteiger partial charge in [0, 0.05) is 11.3 Å². The molecular formula is C29H25N5O6S. The van der Waals surface area contributed by atoms with Crippen molar-refractivity contribution in [1.29, 1.82) is 0 Å². The van der Waals surface area contributed by atoms with E-state index in [-0.39, 0.29) is 16.7 Å². The molecule has 2 aromatic heterocycles. The van der Waals surface area contributed by atoms with Crippen LogP contribution in [0.2, 0.25) is 0 Å². The number of nitrogens with zero attached hydrogens (tertiary/aromatic N) is 4. The Hall–Kier alpha value is -5.10. The Bertz CT molecular complexity index is 1760. The zero-order chi connectivity index (χ0) is 28.8. The molecule has 11 nitrogen and oxygen atoms in total. The summed E-state index contributed by atoms with van der Waals surface area (Å²) in [5, 5.41) is 13.6. The first-order valence-electron chi connectivity index (χ1n) is 12.3. The van der Waals surface area contributed by atoms with Gasteiger partial charge in [-0.25, -0.2) is 5.43 Å². The van der Waals surface area contributed by atoms with Crippen LogP contribution in [0.15, 0.2) is 92.5 Å². The van der Waals surface area contributed by atoms with E-state index in [4.69, 9.17) is 18.6 Å². The van der Waals surface area contributed by atoms with Crippen LogP contribution in [0.3, 0.4) is 0 Å². The Kier molecular flexibility index (Phi) is 8.30. The standard InChI is InChI=1S/C29H25N5O6S/c1-37-23-13-18(14-24(38-2)27(23)39-3)28-32-33-29(34(28)20-9-5-4-6-10-20)41-17-25(35)31-30-15-19-16-40-22-12-8-7-11-21(22)26(19)36/h4-16H,17H2,1-3H3,(H,31,35)/b30-15-. The van der Waals surface area contributed by atoms with Gasteiger partial charge in [0.2, 0.25) is 11.2 Å². The number of benzene rings is 3. The van der Waals surface area contributed by atoms with Gasteiger partial charge in [0.05, 0.1) is 44.2 Å². The molecule has 0 saturated carbocycles. The molecule has 0 radical (unpaired) electrons. The van der Waals surface area contributed by atoms with E-state index in [2.05, 4.69) is 20.7 Å². The Morgan fingerprint density at radius 1 is 1.00 bits per heavy atom. The molecular weight excluding hydrogens is 546 g/mol. The molecule has 5 rings (SSSR count).